The second-order valence-electron chi connectivity index (χ2n) is 28.1. The summed E-state index contributed by atoms with van der Waals surface area (Å²) in [7, 11) is 0. The van der Waals surface area contributed by atoms with Crippen molar-refractivity contribution in [3.8, 4) is 0 Å². The second-order valence-corrected chi connectivity index (χ2v) is 28.1. The molecule has 0 aromatic rings. The van der Waals surface area contributed by atoms with Crippen molar-refractivity contribution in [2.75, 3.05) is 13.2 Å². The molecule has 0 aliphatic rings. The van der Waals surface area contributed by atoms with Crippen molar-refractivity contribution in [1.82, 2.24) is 5.32 Å². The Balaban J connectivity index is 3.31. The minimum absolute atomic E-state index is 0.0249. The first-order valence-electron chi connectivity index (χ1n) is 40.3. The first kappa shape index (κ1) is 84.9. The zero-order chi connectivity index (χ0) is 62.0. The average Bonchev–Trinajstić information content (AvgIpc) is 3.54. The van der Waals surface area contributed by atoms with Crippen molar-refractivity contribution in [2.24, 2.45) is 0 Å². The molecule has 86 heavy (non-hydrogen) atoms. The van der Waals surface area contributed by atoms with E-state index in [9.17, 15) is 19.8 Å². The van der Waals surface area contributed by atoms with Crippen LogP contribution in [0.1, 0.15) is 476 Å². The molecular formula is C80H159NO5. The van der Waals surface area contributed by atoms with Crippen LogP contribution in [0.25, 0.3) is 0 Å². The molecule has 6 nitrogen and oxygen atoms in total. The van der Waals surface area contributed by atoms with Gasteiger partial charge in [-0.1, -0.05) is 438 Å². The van der Waals surface area contributed by atoms with Gasteiger partial charge in [-0.2, -0.15) is 0 Å². The fraction of sp³-hybridized carbons (Fsp3) is 0.975. The van der Waals surface area contributed by atoms with Gasteiger partial charge in [0.15, 0.2) is 0 Å². The first-order chi connectivity index (χ1) is 42.5. The average molecular weight is 1220 g/mol. The van der Waals surface area contributed by atoms with Gasteiger partial charge in [-0.05, 0) is 25.7 Å². The molecule has 0 fully saturated rings. The van der Waals surface area contributed by atoms with E-state index < -0.39 is 12.1 Å². The monoisotopic (exact) mass is 1210 g/mol. The van der Waals surface area contributed by atoms with Crippen LogP contribution in [0.5, 0.6) is 0 Å². The summed E-state index contributed by atoms with van der Waals surface area (Å²) < 4.78 is 5.52. The van der Waals surface area contributed by atoms with Crippen LogP contribution < -0.4 is 5.32 Å². The summed E-state index contributed by atoms with van der Waals surface area (Å²) in [6.07, 6.45) is 94.8. The maximum absolute atomic E-state index is 12.6. The number of hydrogen-bond donors (Lipinski definition) is 3. The van der Waals surface area contributed by atoms with Gasteiger partial charge >= 0.3 is 5.97 Å². The summed E-state index contributed by atoms with van der Waals surface area (Å²) in [6, 6.07) is -0.538. The van der Waals surface area contributed by atoms with E-state index in [0.717, 1.165) is 38.5 Å². The molecule has 514 valence electrons. The number of carbonyl (C=O) groups excluding carboxylic acids is 2. The smallest absolute Gasteiger partial charge is 0.305 e. The predicted octanol–water partition coefficient (Wildman–Crippen LogP) is 26.5. The number of unbranched alkanes of at least 4 members (excludes halogenated alkanes) is 66. The third-order valence-corrected chi connectivity index (χ3v) is 19.4. The molecule has 0 aliphatic carbocycles. The Morgan fingerprint density at radius 3 is 0.709 bits per heavy atom. The molecule has 3 N–H and O–H groups in total. The molecule has 0 bridgehead atoms. The maximum atomic E-state index is 12.6. The Bertz CT molecular complexity index is 1260. The van der Waals surface area contributed by atoms with E-state index in [1.807, 2.05) is 0 Å². The molecule has 2 unspecified atom stereocenters. The summed E-state index contributed by atoms with van der Waals surface area (Å²) in [5.74, 6) is 0.00132. The summed E-state index contributed by atoms with van der Waals surface area (Å²) >= 11 is 0. The molecular weight excluding hydrogens is 1050 g/mol. The van der Waals surface area contributed by atoms with Crippen LogP contribution in [-0.2, 0) is 14.3 Å². The lowest BCUT2D eigenvalue weighted by molar-refractivity contribution is -0.143. The van der Waals surface area contributed by atoms with E-state index >= 15 is 0 Å². The minimum atomic E-state index is -0.662. The first-order valence-corrected chi connectivity index (χ1v) is 40.3. The Kier molecular flexibility index (Phi) is 75.3. The van der Waals surface area contributed by atoms with E-state index in [1.54, 1.807) is 0 Å². The van der Waals surface area contributed by atoms with E-state index in [1.165, 1.54) is 405 Å². The lowest BCUT2D eigenvalue weighted by Gasteiger charge is -2.22. The van der Waals surface area contributed by atoms with Gasteiger partial charge in [-0.3, -0.25) is 9.59 Å². The van der Waals surface area contributed by atoms with Crippen LogP contribution in [0.4, 0.5) is 0 Å². The zero-order valence-electron chi connectivity index (χ0n) is 59.1. The predicted molar refractivity (Wildman–Crippen MR) is 380 cm³/mol. The molecule has 0 aromatic carbocycles. The molecule has 0 saturated heterocycles. The van der Waals surface area contributed by atoms with Gasteiger partial charge in [0.2, 0.25) is 5.91 Å². The lowest BCUT2D eigenvalue weighted by Crippen LogP contribution is -2.45. The summed E-state index contributed by atoms with van der Waals surface area (Å²) in [6.45, 7) is 5.02. The fourth-order valence-corrected chi connectivity index (χ4v) is 13.3. The van der Waals surface area contributed by atoms with Crippen molar-refractivity contribution >= 4 is 11.9 Å². The molecule has 0 heterocycles. The Morgan fingerprint density at radius 1 is 0.279 bits per heavy atom. The van der Waals surface area contributed by atoms with E-state index in [-0.39, 0.29) is 18.5 Å². The number of amides is 1. The highest BCUT2D eigenvalue weighted by atomic mass is 16.5. The molecule has 0 spiro atoms. The van der Waals surface area contributed by atoms with Crippen LogP contribution in [0.15, 0.2) is 0 Å². The molecule has 0 rings (SSSR count). The zero-order valence-corrected chi connectivity index (χ0v) is 59.1. The molecule has 1 amide bonds. The Morgan fingerprint density at radius 2 is 0.477 bits per heavy atom. The van der Waals surface area contributed by atoms with Crippen molar-refractivity contribution in [2.45, 2.75) is 488 Å². The van der Waals surface area contributed by atoms with Crippen LogP contribution in [-0.4, -0.2) is 47.4 Å². The number of hydrogen-bond acceptors (Lipinski definition) is 5. The van der Waals surface area contributed by atoms with Gasteiger partial charge < -0.3 is 20.3 Å². The maximum Gasteiger partial charge on any atom is 0.305 e. The third kappa shape index (κ3) is 71.9. The summed E-state index contributed by atoms with van der Waals surface area (Å²) in [4.78, 5) is 24.7. The normalized spacial score (nSPS) is 12.4. The number of carbonyl (C=O) groups is 2. The van der Waals surface area contributed by atoms with Crippen molar-refractivity contribution in [3.63, 3.8) is 0 Å². The van der Waals surface area contributed by atoms with E-state index in [0.29, 0.717) is 25.9 Å². The molecule has 2 atom stereocenters. The number of esters is 1. The largest absolute Gasteiger partial charge is 0.466 e. The summed E-state index contributed by atoms with van der Waals surface area (Å²) in [5.41, 5.74) is 0. The van der Waals surface area contributed by atoms with Crippen molar-refractivity contribution < 1.29 is 24.5 Å². The van der Waals surface area contributed by atoms with Gasteiger partial charge in [0, 0.05) is 12.8 Å². The number of aliphatic hydroxyl groups excluding tert-OH is 2. The van der Waals surface area contributed by atoms with Gasteiger partial charge in [0.1, 0.15) is 0 Å². The molecule has 6 heteroatoms. The highest BCUT2D eigenvalue weighted by Crippen LogP contribution is 2.21. The highest BCUT2D eigenvalue weighted by Gasteiger charge is 2.20. The number of rotatable bonds is 77. The van der Waals surface area contributed by atoms with Gasteiger partial charge in [-0.25, -0.2) is 0 Å². The third-order valence-electron chi connectivity index (χ3n) is 19.4. The van der Waals surface area contributed by atoms with Crippen molar-refractivity contribution in [1.29, 1.82) is 0 Å². The van der Waals surface area contributed by atoms with Gasteiger partial charge in [0.05, 0.1) is 25.4 Å². The van der Waals surface area contributed by atoms with Crippen LogP contribution in [0, 0.1) is 0 Å². The number of nitrogens with one attached hydrogen (secondary N) is 1. The standard InChI is InChI=1S/C80H159NO5/c1-3-5-7-9-11-13-15-17-19-21-23-34-37-40-44-48-52-56-60-64-68-72-78(83)77(76-82)81-79(84)73-69-65-61-57-53-49-45-41-38-35-32-30-28-26-24-25-27-29-31-33-36-39-43-47-51-55-59-63-67-71-75-86-80(85)74-70-66-62-58-54-50-46-42-22-20-18-16-14-12-10-8-6-4-2/h77-78,82-83H,3-76H2,1-2H3,(H,81,84). The van der Waals surface area contributed by atoms with E-state index in [4.69, 9.17) is 4.74 Å². The van der Waals surface area contributed by atoms with Gasteiger partial charge in [-0.15, -0.1) is 0 Å². The topological polar surface area (TPSA) is 95.9 Å². The quantitative estimate of drug-likeness (QED) is 0.0417. The van der Waals surface area contributed by atoms with Crippen LogP contribution in [0.3, 0.4) is 0 Å². The molecule has 0 radical (unpaired) electrons. The number of aliphatic hydroxyl groups is 2. The van der Waals surface area contributed by atoms with Gasteiger partial charge in [0.25, 0.3) is 0 Å². The van der Waals surface area contributed by atoms with E-state index in [2.05, 4.69) is 19.2 Å². The minimum Gasteiger partial charge on any atom is -0.466 e. The molecule has 0 aliphatic heterocycles. The SMILES string of the molecule is CCCCCCCCCCCCCCCCCCCCCCCC(O)C(CO)NC(=O)CCCCCCCCCCCCCCCCCCCCCCCCCCCCCCCCOC(=O)CCCCCCCCCCCCCCCCCCCC. The molecule has 0 saturated carbocycles. The van der Waals surface area contributed by atoms with Crippen molar-refractivity contribution in [3.05, 3.63) is 0 Å². The lowest BCUT2D eigenvalue weighted by atomic mass is 10.0. The fourth-order valence-electron chi connectivity index (χ4n) is 13.3. The highest BCUT2D eigenvalue weighted by molar-refractivity contribution is 5.76. The Labute approximate surface area is 540 Å². The Hall–Kier alpha value is -1.14. The second kappa shape index (κ2) is 76.3. The summed E-state index contributed by atoms with van der Waals surface area (Å²) in [5, 5.41) is 23.5. The molecule has 0 aromatic heterocycles. The number of ether oxygens (including phenoxy) is 1. The van der Waals surface area contributed by atoms with Crippen LogP contribution in [0.2, 0.25) is 0 Å². The van der Waals surface area contributed by atoms with Crippen LogP contribution >= 0.6 is 0 Å².